The highest BCUT2D eigenvalue weighted by Crippen LogP contribution is 2.26. The van der Waals surface area contributed by atoms with E-state index in [9.17, 15) is 0 Å². The molecule has 3 rings (SSSR count). The van der Waals surface area contributed by atoms with Gasteiger partial charge in [-0.15, -0.1) is 5.10 Å². The van der Waals surface area contributed by atoms with Gasteiger partial charge in [-0.1, -0.05) is 18.2 Å². The molecule has 0 atom stereocenters. The molecule has 3 aromatic rings. The molecule has 2 N–H and O–H groups in total. The summed E-state index contributed by atoms with van der Waals surface area (Å²) in [5.41, 5.74) is 2.07. The molecule has 0 fully saturated rings. The molecule has 0 unspecified atom stereocenters. The summed E-state index contributed by atoms with van der Waals surface area (Å²) in [7, 11) is 0. The highest BCUT2D eigenvalue weighted by atomic mass is 16.5. The Kier molecular flexibility index (Phi) is 5.02. The van der Waals surface area contributed by atoms with Crippen molar-refractivity contribution >= 4 is 23.1 Å². The molecule has 0 saturated carbocycles. The second kappa shape index (κ2) is 7.75. The summed E-state index contributed by atoms with van der Waals surface area (Å²) in [4.78, 5) is 4.39. The van der Waals surface area contributed by atoms with Crippen molar-refractivity contribution in [2.24, 2.45) is 0 Å². The average Bonchev–Trinajstić information content (AvgIpc) is 2.64. The van der Waals surface area contributed by atoms with Crippen molar-refractivity contribution in [1.82, 2.24) is 15.2 Å². The van der Waals surface area contributed by atoms with Gasteiger partial charge in [-0.3, -0.25) is 0 Å². The van der Waals surface area contributed by atoms with E-state index in [4.69, 9.17) is 10.00 Å². The third-order valence-electron chi connectivity index (χ3n) is 3.26. The van der Waals surface area contributed by atoms with Crippen LogP contribution in [0.3, 0.4) is 0 Å². The van der Waals surface area contributed by atoms with Gasteiger partial charge in [0.1, 0.15) is 5.75 Å². The van der Waals surface area contributed by atoms with E-state index in [1.807, 2.05) is 37.3 Å². The molecule has 0 amide bonds. The zero-order chi connectivity index (χ0) is 17.5. The largest absolute Gasteiger partial charge is 0.492 e. The van der Waals surface area contributed by atoms with Crippen molar-refractivity contribution < 1.29 is 4.74 Å². The van der Waals surface area contributed by atoms with Gasteiger partial charge in [0.25, 0.3) is 0 Å². The molecule has 2 aromatic carbocycles. The molecule has 0 bridgehead atoms. The van der Waals surface area contributed by atoms with Gasteiger partial charge in [0.15, 0.2) is 5.82 Å². The molecule has 0 aliphatic rings. The summed E-state index contributed by atoms with van der Waals surface area (Å²) < 4.78 is 5.58. The van der Waals surface area contributed by atoms with Crippen LogP contribution in [0.4, 0.5) is 23.1 Å². The average molecular weight is 332 g/mol. The number of aromatic nitrogens is 3. The quantitative estimate of drug-likeness (QED) is 0.711. The summed E-state index contributed by atoms with van der Waals surface area (Å²) in [6, 6.07) is 16.8. The first-order valence-electron chi connectivity index (χ1n) is 7.74. The second-order valence-corrected chi connectivity index (χ2v) is 5.04. The van der Waals surface area contributed by atoms with Gasteiger partial charge in [-0.25, -0.2) is 0 Å². The highest BCUT2D eigenvalue weighted by Gasteiger charge is 2.06. The van der Waals surface area contributed by atoms with Crippen LogP contribution in [-0.2, 0) is 0 Å². The van der Waals surface area contributed by atoms with Gasteiger partial charge in [-0.05, 0) is 37.3 Å². The van der Waals surface area contributed by atoms with E-state index in [0.29, 0.717) is 29.7 Å². The number of anilines is 4. The Balaban J connectivity index is 1.79. The Labute approximate surface area is 145 Å². The number of hydrogen-bond donors (Lipinski definition) is 2. The third-order valence-corrected chi connectivity index (χ3v) is 3.26. The maximum Gasteiger partial charge on any atom is 0.249 e. The number of nitriles is 1. The highest BCUT2D eigenvalue weighted by molar-refractivity contribution is 5.64. The lowest BCUT2D eigenvalue weighted by Crippen LogP contribution is -2.04. The molecular formula is C18H16N6O. The molecule has 0 spiro atoms. The Hall–Kier alpha value is -3.66. The minimum atomic E-state index is 0.341. The lowest BCUT2D eigenvalue weighted by molar-refractivity contribution is 0.342. The van der Waals surface area contributed by atoms with Crippen LogP contribution >= 0.6 is 0 Å². The fourth-order valence-corrected chi connectivity index (χ4v) is 2.20. The molecule has 25 heavy (non-hydrogen) atoms. The van der Waals surface area contributed by atoms with Gasteiger partial charge in [0, 0.05) is 5.69 Å². The lowest BCUT2D eigenvalue weighted by Gasteiger charge is -2.11. The molecule has 0 radical (unpaired) electrons. The SMILES string of the molecule is CCOc1ccccc1Nc1nncc(Nc2cccc(C#N)c2)n1. The number of hydrogen-bond acceptors (Lipinski definition) is 7. The summed E-state index contributed by atoms with van der Waals surface area (Å²) in [6.45, 7) is 2.49. The molecular weight excluding hydrogens is 316 g/mol. The monoisotopic (exact) mass is 332 g/mol. The van der Waals surface area contributed by atoms with Crippen molar-refractivity contribution in [2.75, 3.05) is 17.2 Å². The normalized spacial score (nSPS) is 9.92. The zero-order valence-corrected chi connectivity index (χ0v) is 13.6. The first kappa shape index (κ1) is 16.2. The van der Waals surface area contributed by atoms with E-state index >= 15 is 0 Å². The van der Waals surface area contributed by atoms with E-state index in [1.54, 1.807) is 18.2 Å². The van der Waals surface area contributed by atoms with Crippen LogP contribution in [0.25, 0.3) is 0 Å². The zero-order valence-electron chi connectivity index (χ0n) is 13.6. The van der Waals surface area contributed by atoms with Gasteiger partial charge in [-0.2, -0.15) is 15.3 Å². The van der Waals surface area contributed by atoms with Crippen LogP contribution in [-0.4, -0.2) is 21.8 Å². The minimum absolute atomic E-state index is 0.341. The topological polar surface area (TPSA) is 95.8 Å². The van der Waals surface area contributed by atoms with Crippen LogP contribution in [0.1, 0.15) is 12.5 Å². The van der Waals surface area contributed by atoms with E-state index < -0.39 is 0 Å². The lowest BCUT2D eigenvalue weighted by atomic mass is 10.2. The summed E-state index contributed by atoms with van der Waals surface area (Å²) in [5.74, 6) is 1.57. The molecule has 0 aliphatic carbocycles. The Morgan fingerprint density at radius 2 is 2.00 bits per heavy atom. The van der Waals surface area contributed by atoms with Crippen LogP contribution in [0.2, 0.25) is 0 Å². The number of para-hydroxylation sites is 2. The van der Waals surface area contributed by atoms with Crippen LogP contribution < -0.4 is 15.4 Å². The number of nitrogens with zero attached hydrogens (tertiary/aromatic N) is 4. The van der Waals surface area contributed by atoms with Crippen molar-refractivity contribution in [1.29, 1.82) is 5.26 Å². The summed E-state index contributed by atoms with van der Waals surface area (Å²) in [5, 5.41) is 23.1. The molecule has 0 saturated heterocycles. The summed E-state index contributed by atoms with van der Waals surface area (Å²) >= 11 is 0. The predicted molar refractivity (Wildman–Crippen MR) is 95.2 cm³/mol. The van der Waals surface area contributed by atoms with Gasteiger partial charge < -0.3 is 15.4 Å². The van der Waals surface area contributed by atoms with E-state index in [1.165, 1.54) is 6.20 Å². The third kappa shape index (κ3) is 4.20. The predicted octanol–water partition coefficient (Wildman–Crippen LogP) is 3.63. The van der Waals surface area contributed by atoms with Crippen LogP contribution in [0.5, 0.6) is 5.75 Å². The smallest absolute Gasteiger partial charge is 0.249 e. The van der Waals surface area contributed by atoms with Gasteiger partial charge >= 0.3 is 0 Å². The molecule has 1 aromatic heterocycles. The Morgan fingerprint density at radius 1 is 1.12 bits per heavy atom. The molecule has 124 valence electrons. The number of rotatable bonds is 6. The fourth-order valence-electron chi connectivity index (χ4n) is 2.20. The number of benzene rings is 2. The van der Waals surface area contributed by atoms with Crippen LogP contribution in [0.15, 0.2) is 54.7 Å². The second-order valence-electron chi connectivity index (χ2n) is 5.04. The van der Waals surface area contributed by atoms with Crippen LogP contribution in [0, 0.1) is 11.3 Å². The first-order valence-corrected chi connectivity index (χ1v) is 7.74. The van der Waals surface area contributed by atoms with Gasteiger partial charge in [0.05, 0.1) is 30.1 Å². The molecule has 7 nitrogen and oxygen atoms in total. The maximum absolute atomic E-state index is 8.97. The van der Waals surface area contributed by atoms with E-state index in [0.717, 1.165) is 11.4 Å². The maximum atomic E-state index is 8.97. The van der Waals surface area contributed by atoms with E-state index in [2.05, 4.69) is 31.9 Å². The first-order chi connectivity index (χ1) is 12.3. The fraction of sp³-hybridized carbons (Fsp3) is 0.111. The van der Waals surface area contributed by atoms with Gasteiger partial charge in [0.2, 0.25) is 5.95 Å². The standard InChI is InChI=1S/C18H16N6O/c1-2-25-16-9-4-3-8-15(16)22-18-23-17(12-20-24-18)21-14-7-5-6-13(10-14)11-19/h3-10,12H,2H2,1H3,(H2,21,22,23,24). The number of nitrogens with one attached hydrogen (secondary N) is 2. The molecule has 1 heterocycles. The van der Waals surface area contributed by atoms with Crippen molar-refractivity contribution in [2.45, 2.75) is 6.92 Å². The Bertz CT molecular complexity index is 906. The van der Waals surface area contributed by atoms with Crippen molar-refractivity contribution in [3.8, 4) is 11.8 Å². The van der Waals surface area contributed by atoms with E-state index in [-0.39, 0.29) is 0 Å². The number of ether oxygens (including phenoxy) is 1. The Morgan fingerprint density at radius 3 is 2.84 bits per heavy atom. The molecule has 7 heteroatoms. The van der Waals surface area contributed by atoms with Crippen molar-refractivity contribution in [3.05, 3.63) is 60.3 Å². The molecule has 0 aliphatic heterocycles. The van der Waals surface area contributed by atoms with Crippen molar-refractivity contribution in [3.63, 3.8) is 0 Å². The minimum Gasteiger partial charge on any atom is -0.492 e. The summed E-state index contributed by atoms with van der Waals surface area (Å²) in [6.07, 6.45) is 1.51.